The van der Waals surface area contributed by atoms with E-state index in [1.807, 2.05) is 5.38 Å². The van der Waals surface area contributed by atoms with Gasteiger partial charge in [0, 0.05) is 5.38 Å². The van der Waals surface area contributed by atoms with Gasteiger partial charge in [0.05, 0.1) is 11.7 Å². The van der Waals surface area contributed by atoms with E-state index >= 15 is 0 Å². The lowest BCUT2D eigenvalue weighted by molar-refractivity contribution is 0.497. The van der Waals surface area contributed by atoms with Crippen molar-refractivity contribution < 1.29 is 0 Å². The van der Waals surface area contributed by atoms with E-state index in [4.69, 9.17) is 0 Å². The van der Waals surface area contributed by atoms with Crippen LogP contribution in [-0.2, 0) is 0 Å². The molecule has 4 heteroatoms. The van der Waals surface area contributed by atoms with Crippen molar-refractivity contribution in [1.82, 2.24) is 14.9 Å². The maximum atomic E-state index is 4.06. The summed E-state index contributed by atoms with van der Waals surface area (Å²) in [7, 11) is 0. The molecule has 1 rings (SSSR count). The summed E-state index contributed by atoms with van der Waals surface area (Å²) in [5.74, 6) is 0. The molecule has 0 aromatic carbocycles. The van der Waals surface area contributed by atoms with Crippen LogP contribution in [0.2, 0.25) is 0 Å². The highest BCUT2D eigenvalue weighted by molar-refractivity contribution is 7.03. The number of nitrogens with one attached hydrogen (secondary N) is 1. The van der Waals surface area contributed by atoms with E-state index in [0.29, 0.717) is 6.04 Å². The number of hydrogen-bond acceptors (Lipinski definition) is 4. The van der Waals surface area contributed by atoms with Gasteiger partial charge in [0.15, 0.2) is 0 Å². The van der Waals surface area contributed by atoms with Crippen molar-refractivity contribution in [2.45, 2.75) is 32.7 Å². The van der Waals surface area contributed by atoms with Crippen molar-refractivity contribution in [3.05, 3.63) is 11.1 Å². The molecule has 0 radical (unpaired) electrons. The Labute approximate surface area is 77.4 Å². The Bertz CT molecular complexity index is 192. The zero-order chi connectivity index (χ0) is 8.81. The highest BCUT2D eigenvalue weighted by Crippen LogP contribution is 2.16. The zero-order valence-electron chi connectivity index (χ0n) is 7.58. The molecule has 0 aliphatic heterocycles. The highest BCUT2D eigenvalue weighted by Gasteiger charge is 2.10. The van der Waals surface area contributed by atoms with Crippen LogP contribution >= 0.6 is 11.5 Å². The Morgan fingerprint density at radius 1 is 1.58 bits per heavy atom. The van der Waals surface area contributed by atoms with Gasteiger partial charge < -0.3 is 5.32 Å². The van der Waals surface area contributed by atoms with Crippen LogP contribution < -0.4 is 5.32 Å². The van der Waals surface area contributed by atoms with Crippen LogP contribution in [0.3, 0.4) is 0 Å². The molecule has 1 heterocycles. The summed E-state index contributed by atoms with van der Waals surface area (Å²) in [4.78, 5) is 0. The molecule has 3 nitrogen and oxygen atoms in total. The second-order valence-electron chi connectivity index (χ2n) is 2.73. The molecule has 0 aliphatic carbocycles. The monoisotopic (exact) mass is 185 g/mol. The Kier molecular flexibility index (Phi) is 4.18. The summed E-state index contributed by atoms with van der Waals surface area (Å²) in [6.45, 7) is 5.29. The van der Waals surface area contributed by atoms with Crippen molar-refractivity contribution in [2.24, 2.45) is 0 Å². The second-order valence-corrected chi connectivity index (χ2v) is 3.34. The van der Waals surface area contributed by atoms with E-state index in [1.54, 1.807) is 0 Å². The van der Waals surface area contributed by atoms with Crippen LogP contribution in [-0.4, -0.2) is 16.1 Å². The largest absolute Gasteiger partial charge is 0.309 e. The lowest BCUT2D eigenvalue weighted by atomic mass is 10.1. The van der Waals surface area contributed by atoms with Crippen molar-refractivity contribution in [1.29, 1.82) is 0 Å². The molecule has 1 N–H and O–H groups in total. The van der Waals surface area contributed by atoms with Crippen LogP contribution in [0.25, 0.3) is 0 Å². The van der Waals surface area contributed by atoms with E-state index in [-0.39, 0.29) is 0 Å². The summed E-state index contributed by atoms with van der Waals surface area (Å²) >= 11 is 1.42. The second kappa shape index (κ2) is 5.22. The molecule has 1 unspecified atom stereocenters. The Balaban J connectivity index is 2.53. The molecular formula is C8H15N3S. The molecular weight excluding hydrogens is 170 g/mol. The van der Waals surface area contributed by atoms with Gasteiger partial charge in [-0.2, -0.15) is 0 Å². The first kappa shape index (κ1) is 9.61. The van der Waals surface area contributed by atoms with E-state index < -0.39 is 0 Å². The molecule has 0 amide bonds. The van der Waals surface area contributed by atoms with Gasteiger partial charge in [0.1, 0.15) is 0 Å². The normalized spacial score (nSPS) is 13.2. The molecule has 0 saturated carbocycles. The quantitative estimate of drug-likeness (QED) is 0.762. The van der Waals surface area contributed by atoms with Gasteiger partial charge in [-0.1, -0.05) is 24.8 Å². The van der Waals surface area contributed by atoms with Gasteiger partial charge >= 0.3 is 0 Å². The predicted molar refractivity (Wildman–Crippen MR) is 51.2 cm³/mol. The summed E-state index contributed by atoms with van der Waals surface area (Å²) in [5.41, 5.74) is 1.09. The Morgan fingerprint density at radius 2 is 2.42 bits per heavy atom. The van der Waals surface area contributed by atoms with Crippen molar-refractivity contribution in [2.75, 3.05) is 6.54 Å². The molecule has 0 fully saturated rings. The van der Waals surface area contributed by atoms with Crippen LogP contribution in [0.4, 0.5) is 0 Å². The fourth-order valence-corrected chi connectivity index (χ4v) is 1.72. The average molecular weight is 185 g/mol. The third-order valence-electron chi connectivity index (χ3n) is 1.76. The van der Waals surface area contributed by atoms with Gasteiger partial charge in [0.25, 0.3) is 0 Å². The third kappa shape index (κ3) is 2.53. The standard InChI is InChI=1S/C8H15N3S/c1-3-5-7(9-4-2)8-6-12-11-10-8/h6-7,9H,3-5H2,1-2H3. The zero-order valence-corrected chi connectivity index (χ0v) is 8.40. The summed E-state index contributed by atoms with van der Waals surface area (Å²) in [6, 6.07) is 0.402. The maximum absolute atomic E-state index is 4.06. The van der Waals surface area contributed by atoms with Crippen molar-refractivity contribution >= 4 is 11.5 Å². The maximum Gasteiger partial charge on any atom is 0.0924 e. The average Bonchev–Trinajstić information content (AvgIpc) is 2.56. The van der Waals surface area contributed by atoms with E-state index in [0.717, 1.165) is 18.7 Å². The summed E-state index contributed by atoms with van der Waals surface area (Å²) in [6.07, 6.45) is 2.31. The molecule has 0 aliphatic rings. The van der Waals surface area contributed by atoms with Crippen LogP contribution in [0.1, 0.15) is 38.4 Å². The minimum atomic E-state index is 0.402. The smallest absolute Gasteiger partial charge is 0.0924 e. The van der Waals surface area contributed by atoms with Crippen LogP contribution in [0.15, 0.2) is 5.38 Å². The van der Waals surface area contributed by atoms with E-state index in [2.05, 4.69) is 28.8 Å². The minimum absolute atomic E-state index is 0.402. The van der Waals surface area contributed by atoms with Gasteiger partial charge in [-0.25, -0.2) is 0 Å². The molecule has 0 spiro atoms. The molecule has 0 bridgehead atoms. The number of rotatable bonds is 5. The summed E-state index contributed by atoms with van der Waals surface area (Å²) in [5, 5.41) is 9.47. The molecule has 0 saturated heterocycles. The van der Waals surface area contributed by atoms with Crippen molar-refractivity contribution in [3.63, 3.8) is 0 Å². The van der Waals surface area contributed by atoms with Gasteiger partial charge in [-0.15, -0.1) is 5.10 Å². The molecule has 1 aromatic rings. The first-order valence-electron chi connectivity index (χ1n) is 4.38. The molecule has 68 valence electrons. The first-order valence-corrected chi connectivity index (χ1v) is 5.22. The highest BCUT2D eigenvalue weighted by atomic mass is 32.1. The van der Waals surface area contributed by atoms with Crippen LogP contribution in [0, 0.1) is 0 Å². The molecule has 12 heavy (non-hydrogen) atoms. The van der Waals surface area contributed by atoms with Crippen LogP contribution in [0.5, 0.6) is 0 Å². The lowest BCUT2D eigenvalue weighted by Crippen LogP contribution is -2.20. The third-order valence-corrected chi connectivity index (χ3v) is 2.28. The first-order chi connectivity index (χ1) is 5.88. The fourth-order valence-electron chi connectivity index (χ4n) is 1.21. The van der Waals surface area contributed by atoms with E-state index in [9.17, 15) is 0 Å². The Morgan fingerprint density at radius 3 is 2.92 bits per heavy atom. The SMILES string of the molecule is CCCC(NCC)c1csnn1. The Hall–Kier alpha value is -0.480. The number of aromatic nitrogens is 2. The van der Waals surface area contributed by atoms with E-state index in [1.165, 1.54) is 18.0 Å². The predicted octanol–water partition coefficient (Wildman–Crippen LogP) is 1.99. The lowest BCUT2D eigenvalue weighted by Gasteiger charge is -2.13. The molecule has 1 atom stereocenters. The van der Waals surface area contributed by atoms with Crippen molar-refractivity contribution in [3.8, 4) is 0 Å². The number of nitrogens with zero attached hydrogens (tertiary/aromatic N) is 2. The van der Waals surface area contributed by atoms with Gasteiger partial charge in [-0.3, -0.25) is 0 Å². The van der Waals surface area contributed by atoms with Gasteiger partial charge in [-0.05, 0) is 24.5 Å². The topological polar surface area (TPSA) is 37.8 Å². The van der Waals surface area contributed by atoms with Gasteiger partial charge in [0.2, 0.25) is 0 Å². The minimum Gasteiger partial charge on any atom is -0.309 e. The summed E-state index contributed by atoms with van der Waals surface area (Å²) < 4.78 is 3.86. The number of hydrogen-bond donors (Lipinski definition) is 1. The fraction of sp³-hybridized carbons (Fsp3) is 0.750. The molecule has 1 aromatic heterocycles.